The van der Waals surface area contributed by atoms with Gasteiger partial charge in [-0.25, -0.2) is 13.8 Å². The molecule has 0 unspecified atom stereocenters. The van der Waals surface area contributed by atoms with E-state index in [1.807, 2.05) is 50.8 Å². The molecule has 1 aromatic carbocycles. The van der Waals surface area contributed by atoms with Crippen molar-refractivity contribution in [1.82, 2.24) is 19.8 Å². The minimum Gasteiger partial charge on any atom is -0.481 e. The summed E-state index contributed by atoms with van der Waals surface area (Å²) in [7, 11) is 0. The zero-order valence-corrected chi connectivity index (χ0v) is 25.4. The number of carboxylic acid groups (broad SMARTS) is 1. The lowest BCUT2D eigenvalue weighted by Crippen LogP contribution is -2.49. The van der Waals surface area contributed by atoms with Gasteiger partial charge in [0.15, 0.2) is 5.82 Å². The van der Waals surface area contributed by atoms with Crippen LogP contribution in [0, 0.1) is 37.9 Å². The van der Waals surface area contributed by atoms with Crippen LogP contribution in [0.3, 0.4) is 0 Å². The minimum absolute atomic E-state index is 0.0583. The summed E-state index contributed by atoms with van der Waals surface area (Å²) in [5, 5.41) is 12.6. The van der Waals surface area contributed by atoms with Crippen molar-refractivity contribution in [2.24, 2.45) is 5.92 Å². The smallest absolute Gasteiger partial charge is 0.305 e. The first-order valence-electron chi connectivity index (χ1n) is 14.7. The normalized spacial score (nSPS) is 15.0. The van der Waals surface area contributed by atoms with Gasteiger partial charge in [0.25, 0.3) is 5.56 Å². The second kappa shape index (κ2) is 14.0. The molecule has 8 nitrogen and oxygen atoms in total. The number of aliphatic carboxylic acids is 1. The third kappa shape index (κ3) is 7.58. The van der Waals surface area contributed by atoms with Crippen molar-refractivity contribution in [2.75, 3.05) is 19.6 Å². The van der Waals surface area contributed by atoms with E-state index in [-0.39, 0.29) is 12.3 Å². The molecule has 0 bridgehead atoms. The Hall–Kier alpha value is -4.36. The van der Waals surface area contributed by atoms with Crippen LogP contribution in [0.25, 0.3) is 11.1 Å². The van der Waals surface area contributed by atoms with Crippen molar-refractivity contribution in [3.63, 3.8) is 0 Å². The number of carbonyl (C=O) groups is 2. The molecule has 10 heteroatoms. The van der Waals surface area contributed by atoms with Gasteiger partial charge in [0.1, 0.15) is 17.9 Å². The van der Waals surface area contributed by atoms with E-state index in [0.29, 0.717) is 48.4 Å². The molecule has 1 aliphatic rings. The molecule has 232 valence electrons. The number of halogens is 2. The number of aromatic nitrogens is 2. The van der Waals surface area contributed by atoms with E-state index in [1.54, 1.807) is 6.07 Å². The van der Waals surface area contributed by atoms with Gasteiger partial charge >= 0.3 is 5.97 Å². The van der Waals surface area contributed by atoms with E-state index in [1.165, 1.54) is 12.4 Å². The lowest BCUT2D eigenvalue weighted by molar-refractivity contribution is -0.138. The van der Waals surface area contributed by atoms with Crippen LogP contribution >= 0.6 is 0 Å². The lowest BCUT2D eigenvalue weighted by atomic mass is 9.92. The Morgan fingerprint density at radius 1 is 1.20 bits per heavy atom. The molecule has 0 aliphatic carbocycles. The third-order valence-corrected chi connectivity index (χ3v) is 7.91. The molecule has 4 rings (SSSR count). The maximum Gasteiger partial charge on any atom is 0.305 e. The van der Waals surface area contributed by atoms with Gasteiger partial charge < -0.3 is 15.0 Å². The van der Waals surface area contributed by atoms with Crippen LogP contribution in [0.2, 0.25) is 0 Å². The summed E-state index contributed by atoms with van der Waals surface area (Å²) >= 11 is 0. The average molecular weight is 605 g/mol. The summed E-state index contributed by atoms with van der Waals surface area (Å²) in [6.45, 7) is 8.74. The van der Waals surface area contributed by atoms with Crippen LogP contribution in [0.4, 0.5) is 8.78 Å². The summed E-state index contributed by atoms with van der Waals surface area (Å²) in [5.74, 6) is -0.241. The van der Waals surface area contributed by atoms with Crippen molar-refractivity contribution in [2.45, 2.75) is 65.2 Å². The predicted octanol–water partition coefficient (Wildman–Crippen LogP) is 4.76. The van der Waals surface area contributed by atoms with E-state index >= 15 is 0 Å². The van der Waals surface area contributed by atoms with E-state index < -0.39 is 47.9 Å². The molecule has 1 fully saturated rings. The first kappa shape index (κ1) is 32.6. The van der Waals surface area contributed by atoms with Crippen LogP contribution < -0.4 is 10.9 Å². The molecule has 44 heavy (non-hydrogen) atoms. The summed E-state index contributed by atoms with van der Waals surface area (Å²) < 4.78 is 29.2. The molecule has 2 aromatic heterocycles. The monoisotopic (exact) mass is 604 g/mol. The van der Waals surface area contributed by atoms with Crippen LogP contribution in [0.5, 0.6) is 0 Å². The van der Waals surface area contributed by atoms with Crippen molar-refractivity contribution in [1.29, 1.82) is 0 Å². The fraction of sp³-hybridized carbons (Fsp3) is 0.412. The van der Waals surface area contributed by atoms with Crippen LogP contribution in [-0.4, -0.2) is 57.2 Å². The van der Waals surface area contributed by atoms with Gasteiger partial charge in [0, 0.05) is 37.6 Å². The van der Waals surface area contributed by atoms with E-state index in [2.05, 4.69) is 16.2 Å². The van der Waals surface area contributed by atoms with Gasteiger partial charge in [0.2, 0.25) is 5.91 Å². The Morgan fingerprint density at radius 2 is 1.89 bits per heavy atom. The Morgan fingerprint density at radius 3 is 2.48 bits per heavy atom. The zero-order chi connectivity index (χ0) is 32.1. The zero-order valence-electron chi connectivity index (χ0n) is 25.4. The number of rotatable bonds is 12. The van der Waals surface area contributed by atoms with Gasteiger partial charge in [0.05, 0.1) is 12.5 Å². The SMILES string of the molecule is C#Cc1ncc([C@@H](CC(=O)O)NC(=O)[C@@H](CC(C)C)n2cc(CCN3CC(F)C3)cc(F)c2=O)cc1-c1c(C)cccc1C. The number of carboxylic acids is 1. The summed E-state index contributed by atoms with van der Waals surface area (Å²) in [6, 6.07) is 6.57. The fourth-order valence-electron chi connectivity index (χ4n) is 5.67. The van der Waals surface area contributed by atoms with E-state index in [4.69, 9.17) is 6.42 Å². The number of hydrogen-bond acceptors (Lipinski definition) is 5. The molecule has 1 aliphatic heterocycles. The van der Waals surface area contributed by atoms with Crippen molar-refractivity contribution in [3.05, 3.63) is 86.8 Å². The second-order valence-electron chi connectivity index (χ2n) is 11.9. The summed E-state index contributed by atoms with van der Waals surface area (Å²) in [6.07, 6.45) is 7.92. The van der Waals surface area contributed by atoms with Gasteiger partial charge in [-0.05, 0) is 78.5 Å². The molecule has 2 atom stereocenters. The van der Waals surface area contributed by atoms with Gasteiger partial charge in [-0.3, -0.25) is 19.3 Å². The minimum atomic E-state index is -1.16. The lowest BCUT2D eigenvalue weighted by Gasteiger charge is -2.34. The number of aryl methyl sites for hydroxylation is 2. The number of amides is 1. The number of alkyl halides is 1. The number of benzene rings is 1. The molecule has 0 radical (unpaired) electrons. The standard InChI is InChI=1S/C34H38F2N4O4/c1-6-28-26(32-21(4)8-7-9-22(32)5)14-24(16-37-28)29(15-31(41)42)38-33(43)30(12-20(2)3)40-17-23(13-27(36)34(40)44)10-11-39-18-25(35)19-39/h1,7-9,13-14,16-17,20,25,29-30H,10-12,15,18-19H2,2-5H3,(H,38,43)(H,41,42)/t29-,30-/m1/s1. The Labute approximate surface area is 256 Å². The average Bonchev–Trinajstić information content (AvgIpc) is 2.94. The molecular formula is C34H38F2N4O4. The maximum atomic E-state index is 14.9. The number of likely N-dealkylation sites (tertiary alicyclic amines) is 1. The van der Waals surface area contributed by atoms with Crippen LogP contribution in [-0.2, 0) is 16.0 Å². The predicted molar refractivity (Wildman–Crippen MR) is 164 cm³/mol. The fourth-order valence-corrected chi connectivity index (χ4v) is 5.67. The molecular weight excluding hydrogens is 566 g/mol. The number of nitrogens with zero attached hydrogens (tertiary/aromatic N) is 3. The number of pyridine rings is 2. The maximum absolute atomic E-state index is 14.9. The van der Waals surface area contributed by atoms with Crippen LogP contribution in [0.15, 0.2) is 47.5 Å². The number of carbonyl (C=O) groups excluding carboxylic acids is 1. The van der Waals surface area contributed by atoms with Crippen molar-refractivity contribution >= 4 is 11.9 Å². The Bertz CT molecular complexity index is 1620. The topological polar surface area (TPSA) is 105 Å². The number of terminal acetylenes is 1. The highest BCUT2D eigenvalue weighted by Gasteiger charge is 2.29. The van der Waals surface area contributed by atoms with Gasteiger partial charge in [-0.15, -0.1) is 6.42 Å². The van der Waals surface area contributed by atoms with Gasteiger partial charge in [-0.2, -0.15) is 0 Å². The molecule has 0 saturated carbocycles. The molecule has 3 heterocycles. The molecule has 2 N–H and O–H groups in total. The Kier molecular flexibility index (Phi) is 10.3. The van der Waals surface area contributed by atoms with Crippen molar-refractivity contribution in [3.8, 4) is 23.5 Å². The Balaban J connectivity index is 1.69. The first-order valence-corrected chi connectivity index (χ1v) is 14.7. The molecule has 3 aromatic rings. The largest absolute Gasteiger partial charge is 0.481 e. The second-order valence-corrected chi connectivity index (χ2v) is 11.9. The summed E-state index contributed by atoms with van der Waals surface area (Å²) in [4.78, 5) is 45.1. The van der Waals surface area contributed by atoms with Crippen molar-refractivity contribution < 1.29 is 23.5 Å². The highest BCUT2D eigenvalue weighted by atomic mass is 19.1. The molecule has 1 saturated heterocycles. The number of hydrogen-bond donors (Lipinski definition) is 2. The number of nitrogens with one attached hydrogen (secondary N) is 1. The van der Waals surface area contributed by atoms with Gasteiger partial charge in [-0.1, -0.05) is 32.0 Å². The highest BCUT2D eigenvalue weighted by Crippen LogP contribution is 2.32. The quantitative estimate of drug-likeness (QED) is 0.289. The van der Waals surface area contributed by atoms with E-state index in [9.17, 15) is 28.3 Å². The molecule has 0 spiro atoms. The highest BCUT2D eigenvalue weighted by molar-refractivity contribution is 5.82. The summed E-state index contributed by atoms with van der Waals surface area (Å²) in [5.41, 5.74) is 3.77. The third-order valence-electron chi connectivity index (χ3n) is 7.91. The van der Waals surface area contributed by atoms with Crippen LogP contribution in [0.1, 0.15) is 66.7 Å². The molecule has 1 amide bonds. The van der Waals surface area contributed by atoms with E-state index in [0.717, 1.165) is 27.3 Å². The first-order chi connectivity index (χ1) is 20.9.